The van der Waals surface area contributed by atoms with Gasteiger partial charge in [0.15, 0.2) is 0 Å². The molecular weight excluding hydrogens is 248 g/mol. The molecule has 0 atom stereocenters. The number of nitrogens with one attached hydrogen (secondary N) is 1. The van der Waals surface area contributed by atoms with E-state index < -0.39 is 0 Å². The lowest BCUT2D eigenvalue weighted by atomic mass is 10.1. The van der Waals surface area contributed by atoms with E-state index in [0.717, 1.165) is 25.9 Å². The van der Waals surface area contributed by atoms with E-state index >= 15 is 0 Å². The van der Waals surface area contributed by atoms with Gasteiger partial charge < -0.3 is 10.2 Å². The molecule has 4 nitrogen and oxygen atoms in total. The van der Waals surface area contributed by atoms with Crippen molar-refractivity contribution in [3.05, 3.63) is 0 Å². The van der Waals surface area contributed by atoms with Gasteiger partial charge in [0.2, 0.25) is 11.8 Å². The van der Waals surface area contributed by atoms with Crippen LogP contribution in [0.1, 0.15) is 19.3 Å². The molecule has 1 rings (SSSR count). The van der Waals surface area contributed by atoms with Crippen molar-refractivity contribution in [2.45, 2.75) is 19.3 Å². The highest BCUT2D eigenvalue weighted by atomic mass is 79.9. The highest BCUT2D eigenvalue weighted by Gasteiger charge is 2.16. The number of rotatable bonds is 3. The first kappa shape index (κ1) is 11.5. The number of hydrogen-bond donors (Lipinski definition) is 1. The van der Waals surface area contributed by atoms with Crippen LogP contribution in [0.5, 0.6) is 0 Å². The van der Waals surface area contributed by atoms with E-state index in [2.05, 4.69) is 21.2 Å². The molecule has 1 aliphatic rings. The summed E-state index contributed by atoms with van der Waals surface area (Å²) < 4.78 is 0. The standard InChI is InChI=1S/C9H15BrN2O2/c10-6-8(13)11-7-9(14)12-4-2-1-3-5-12/h1-7H2,(H,11,13). The van der Waals surface area contributed by atoms with E-state index in [1.54, 1.807) is 0 Å². The van der Waals surface area contributed by atoms with Gasteiger partial charge in [-0.2, -0.15) is 0 Å². The van der Waals surface area contributed by atoms with Crippen molar-refractivity contribution < 1.29 is 9.59 Å². The van der Waals surface area contributed by atoms with Crippen LogP contribution in [-0.4, -0.2) is 41.7 Å². The Bertz CT molecular complexity index is 215. The van der Waals surface area contributed by atoms with Crippen LogP contribution >= 0.6 is 15.9 Å². The minimum Gasteiger partial charge on any atom is -0.346 e. The smallest absolute Gasteiger partial charge is 0.241 e. The molecule has 0 radical (unpaired) electrons. The van der Waals surface area contributed by atoms with Crippen LogP contribution in [-0.2, 0) is 9.59 Å². The van der Waals surface area contributed by atoms with Crippen LogP contribution in [0.4, 0.5) is 0 Å². The molecule has 2 amide bonds. The van der Waals surface area contributed by atoms with E-state index in [9.17, 15) is 9.59 Å². The summed E-state index contributed by atoms with van der Waals surface area (Å²) in [6.45, 7) is 1.80. The lowest BCUT2D eigenvalue weighted by Crippen LogP contribution is -2.42. The van der Waals surface area contributed by atoms with Crippen LogP contribution in [0.2, 0.25) is 0 Å². The molecule has 14 heavy (non-hydrogen) atoms. The second-order valence-corrected chi connectivity index (χ2v) is 3.91. The highest BCUT2D eigenvalue weighted by Crippen LogP contribution is 2.07. The van der Waals surface area contributed by atoms with E-state index in [-0.39, 0.29) is 23.7 Å². The number of piperidine rings is 1. The Morgan fingerprint density at radius 1 is 1.21 bits per heavy atom. The fourth-order valence-electron chi connectivity index (χ4n) is 1.48. The summed E-state index contributed by atoms with van der Waals surface area (Å²) in [6, 6.07) is 0. The van der Waals surface area contributed by atoms with E-state index in [0.29, 0.717) is 0 Å². The third kappa shape index (κ3) is 3.65. The molecule has 0 unspecified atom stereocenters. The van der Waals surface area contributed by atoms with Gasteiger partial charge in [0.1, 0.15) is 0 Å². The van der Waals surface area contributed by atoms with Gasteiger partial charge in [-0.25, -0.2) is 0 Å². The summed E-state index contributed by atoms with van der Waals surface area (Å²) in [5, 5.41) is 2.80. The van der Waals surface area contributed by atoms with Gasteiger partial charge in [-0.15, -0.1) is 0 Å². The third-order valence-electron chi connectivity index (χ3n) is 2.27. The Labute approximate surface area is 92.2 Å². The quantitative estimate of drug-likeness (QED) is 0.754. The Morgan fingerprint density at radius 2 is 1.86 bits per heavy atom. The SMILES string of the molecule is O=C(CBr)NCC(=O)N1CCCCC1. The summed E-state index contributed by atoms with van der Waals surface area (Å²) in [7, 11) is 0. The maximum Gasteiger partial charge on any atom is 0.241 e. The van der Waals surface area contributed by atoms with Gasteiger partial charge in [-0.1, -0.05) is 15.9 Å². The number of halogens is 1. The number of alkyl halides is 1. The predicted octanol–water partition coefficient (Wildman–Crippen LogP) is 0.510. The summed E-state index contributed by atoms with van der Waals surface area (Å²) in [5.74, 6) is -0.116. The van der Waals surface area contributed by atoms with Gasteiger partial charge in [-0.3, -0.25) is 9.59 Å². The predicted molar refractivity (Wildman–Crippen MR) is 57.2 cm³/mol. The largest absolute Gasteiger partial charge is 0.346 e. The molecular formula is C9H15BrN2O2. The van der Waals surface area contributed by atoms with Crippen LogP contribution < -0.4 is 5.32 Å². The Hall–Kier alpha value is -0.580. The average Bonchev–Trinajstić information content (AvgIpc) is 2.26. The molecule has 0 spiro atoms. The highest BCUT2D eigenvalue weighted by molar-refractivity contribution is 9.09. The number of amides is 2. The summed E-state index contributed by atoms with van der Waals surface area (Å²) in [5.41, 5.74) is 0. The normalized spacial score (nSPS) is 16.5. The summed E-state index contributed by atoms with van der Waals surface area (Å²) in [6.07, 6.45) is 3.37. The molecule has 80 valence electrons. The Morgan fingerprint density at radius 3 is 2.43 bits per heavy atom. The van der Waals surface area contributed by atoms with Gasteiger partial charge in [0.05, 0.1) is 11.9 Å². The molecule has 1 aliphatic heterocycles. The van der Waals surface area contributed by atoms with E-state index in [4.69, 9.17) is 0 Å². The van der Waals surface area contributed by atoms with Crippen molar-refractivity contribution in [2.24, 2.45) is 0 Å². The van der Waals surface area contributed by atoms with Gasteiger partial charge >= 0.3 is 0 Å². The van der Waals surface area contributed by atoms with Crippen molar-refractivity contribution in [1.29, 1.82) is 0 Å². The molecule has 0 aromatic heterocycles. The molecule has 1 saturated heterocycles. The number of hydrogen-bond acceptors (Lipinski definition) is 2. The Balaban J connectivity index is 2.23. The first-order valence-electron chi connectivity index (χ1n) is 4.84. The molecule has 0 aromatic carbocycles. The zero-order valence-corrected chi connectivity index (χ0v) is 9.68. The molecule has 0 saturated carbocycles. The number of carbonyl (C=O) groups excluding carboxylic acids is 2. The average molecular weight is 263 g/mol. The first-order chi connectivity index (χ1) is 6.74. The van der Waals surface area contributed by atoms with Crippen molar-refractivity contribution in [1.82, 2.24) is 10.2 Å². The number of likely N-dealkylation sites (tertiary alicyclic amines) is 1. The zero-order valence-electron chi connectivity index (χ0n) is 8.09. The van der Waals surface area contributed by atoms with Crippen molar-refractivity contribution in [3.63, 3.8) is 0 Å². The van der Waals surface area contributed by atoms with Gasteiger partial charge in [-0.05, 0) is 19.3 Å². The topological polar surface area (TPSA) is 49.4 Å². The third-order valence-corrected chi connectivity index (χ3v) is 2.78. The van der Waals surface area contributed by atoms with E-state index in [1.807, 2.05) is 4.90 Å². The maximum atomic E-state index is 11.5. The van der Waals surface area contributed by atoms with Crippen molar-refractivity contribution in [3.8, 4) is 0 Å². The molecule has 0 aliphatic carbocycles. The fraction of sp³-hybridized carbons (Fsp3) is 0.778. The lowest BCUT2D eigenvalue weighted by molar-refractivity contribution is -0.133. The monoisotopic (exact) mass is 262 g/mol. The van der Waals surface area contributed by atoms with Gasteiger partial charge in [0.25, 0.3) is 0 Å². The van der Waals surface area contributed by atoms with Crippen LogP contribution in [0.25, 0.3) is 0 Å². The van der Waals surface area contributed by atoms with Crippen LogP contribution in [0.15, 0.2) is 0 Å². The first-order valence-corrected chi connectivity index (χ1v) is 5.96. The number of nitrogens with zero attached hydrogens (tertiary/aromatic N) is 1. The van der Waals surface area contributed by atoms with Gasteiger partial charge in [0, 0.05) is 13.1 Å². The summed E-state index contributed by atoms with van der Waals surface area (Å²) in [4.78, 5) is 24.2. The molecule has 1 fully saturated rings. The molecule has 1 N–H and O–H groups in total. The molecule has 5 heteroatoms. The minimum absolute atomic E-state index is 0.0269. The second-order valence-electron chi connectivity index (χ2n) is 3.35. The maximum absolute atomic E-state index is 11.5. The van der Waals surface area contributed by atoms with Crippen LogP contribution in [0, 0.1) is 0 Å². The minimum atomic E-state index is -0.143. The lowest BCUT2D eigenvalue weighted by Gasteiger charge is -2.26. The van der Waals surface area contributed by atoms with E-state index in [1.165, 1.54) is 6.42 Å². The van der Waals surface area contributed by atoms with Crippen molar-refractivity contribution >= 4 is 27.7 Å². The molecule has 0 aromatic rings. The zero-order chi connectivity index (χ0) is 10.4. The molecule has 1 heterocycles. The molecule has 0 bridgehead atoms. The van der Waals surface area contributed by atoms with Crippen LogP contribution in [0.3, 0.4) is 0 Å². The summed E-state index contributed by atoms with van der Waals surface area (Å²) >= 11 is 3.02. The second kappa shape index (κ2) is 6.01. The fourth-order valence-corrected chi connectivity index (χ4v) is 1.67. The van der Waals surface area contributed by atoms with Crippen molar-refractivity contribution in [2.75, 3.05) is 25.0 Å². The number of carbonyl (C=O) groups is 2. The Kier molecular flexibility index (Phi) is 4.93.